The Morgan fingerprint density at radius 1 is 1.24 bits per heavy atom. The second-order valence-corrected chi connectivity index (χ2v) is 5.55. The van der Waals surface area contributed by atoms with E-state index in [2.05, 4.69) is 51.5 Å². The molecule has 110 valence electrons. The number of rotatable bonds is 5. The van der Waals surface area contributed by atoms with Crippen molar-refractivity contribution in [3.05, 3.63) is 53.5 Å². The monoisotopic (exact) mass is 282 g/mol. The second-order valence-electron chi connectivity index (χ2n) is 5.55. The summed E-state index contributed by atoms with van der Waals surface area (Å²) in [6.07, 6.45) is 3.33. The van der Waals surface area contributed by atoms with E-state index in [9.17, 15) is 0 Å². The van der Waals surface area contributed by atoms with Crippen LogP contribution in [0.5, 0.6) is 0 Å². The fraction of sp³-hybridized carbons (Fsp3) is 0.353. The van der Waals surface area contributed by atoms with Crippen LogP contribution in [0.15, 0.2) is 36.5 Å². The molecule has 2 aromatic heterocycles. The summed E-state index contributed by atoms with van der Waals surface area (Å²) in [5, 5.41) is 9.02. The summed E-state index contributed by atoms with van der Waals surface area (Å²) in [5.41, 5.74) is 4.99. The van der Waals surface area contributed by atoms with Crippen LogP contribution in [0.1, 0.15) is 17.0 Å². The first-order valence-corrected chi connectivity index (χ1v) is 7.40. The lowest BCUT2D eigenvalue weighted by Crippen LogP contribution is -2.10. The van der Waals surface area contributed by atoms with Gasteiger partial charge in [0.1, 0.15) is 0 Å². The van der Waals surface area contributed by atoms with E-state index in [1.807, 2.05) is 25.7 Å². The van der Waals surface area contributed by atoms with Crippen LogP contribution >= 0.6 is 0 Å². The molecule has 0 spiro atoms. The molecule has 0 aliphatic heterocycles. The maximum atomic E-state index is 4.44. The summed E-state index contributed by atoms with van der Waals surface area (Å²) in [7, 11) is 4.01. The van der Waals surface area contributed by atoms with Gasteiger partial charge in [-0.1, -0.05) is 18.2 Å². The van der Waals surface area contributed by atoms with Crippen molar-refractivity contribution in [1.29, 1.82) is 0 Å². The molecule has 0 unspecified atom stereocenters. The van der Waals surface area contributed by atoms with Gasteiger partial charge in [-0.05, 0) is 44.6 Å². The minimum absolute atomic E-state index is 0.859. The summed E-state index contributed by atoms with van der Waals surface area (Å²) >= 11 is 0. The van der Waals surface area contributed by atoms with E-state index in [1.165, 1.54) is 22.2 Å². The standard InChI is InChI=1S/C17H22N4/c1-13-10-15(20(3)19-13)12-21-11-14(8-9-18-2)16-6-4-5-7-17(16)21/h4-7,10-11,18H,8-9,12H2,1-3H3. The predicted octanol–water partition coefficient (Wildman–Crippen LogP) is 2.49. The predicted molar refractivity (Wildman–Crippen MR) is 86.6 cm³/mol. The first-order chi connectivity index (χ1) is 10.2. The first kappa shape index (κ1) is 13.9. The molecule has 1 aromatic carbocycles. The molecule has 0 amide bonds. The first-order valence-electron chi connectivity index (χ1n) is 7.40. The van der Waals surface area contributed by atoms with E-state index in [0.29, 0.717) is 0 Å². The lowest BCUT2D eigenvalue weighted by atomic mass is 10.1. The Morgan fingerprint density at radius 3 is 2.76 bits per heavy atom. The highest BCUT2D eigenvalue weighted by Gasteiger charge is 2.10. The third kappa shape index (κ3) is 2.72. The van der Waals surface area contributed by atoms with Gasteiger partial charge in [0, 0.05) is 24.1 Å². The third-order valence-corrected chi connectivity index (χ3v) is 3.95. The third-order valence-electron chi connectivity index (χ3n) is 3.95. The molecule has 3 aromatic rings. The Labute approximate surface area is 125 Å². The van der Waals surface area contributed by atoms with Crippen molar-refractivity contribution in [3.8, 4) is 0 Å². The SMILES string of the molecule is CNCCc1cn(Cc2cc(C)nn2C)c2ccccc12. The van der Waals surface area contributed by atoms with E-state index < -0.39 is 0 Å². The Bertz CT molecular complexity index is 751. The summed E-state index contributed by atoms with van der Waals surface area (Å²) < 4.78 is 4.30. The molecule has 2 heterocycles. The van der Waals surface area contributed by atoms with Crippen molar-refractivity contribution >= 4 is 10.9 Å². The fourth-order valence-electron chi connectivity index (χ4n) is 2.90. The van der Waals surface area contributed by atoms with Gasteiger partial charge in [0.05, 0.1) is 17.9 Å². The number of benzene rings is 1. The van der Waals surface area contributed by atoms with Gasteiger partial charge in [0.2, 0.25) is 0 Å². The van der Waals surface area contributed by atoms with E-state index in [0.717, 1.165) is 25.2 Å². The van der Waals surface area contributed by atoms with Crippen LogP contribution in [0.25, 0.3) is 10.9 Å². The molecular formula is C17H22N4. The molecule has 3 rings (SSSR count). The number of nitrogens with zero attached hydrogens (tertiary/aromatic N) is 3. The zero-order chi connectivity index (χ0) is 14.8. The molecular weight excluding hydrogens is 260 g/mol. The summed E-state index contributed by atoms with van der Waals surface area (Å²) in [6.45, 7) is 3.89. The number of fused-ring (bicyclic) bond motifs is 1. The number of hydrogen-bond acceptors (Lipinski definition) is 2. The number of aromatic nitrogens is 3. The van der Waals surface area contributed by atoms with Gasteiger partial charge in [-0.2, -0.15) is 5.10 Å². The fourth-order valence-corrected chi connectivity index (χ4v) is 2.90. The smallest absolute Gasteiger partial charge is 0.0645 e. The van der Waals surface area contributed by atoms with Crippen molar-refractivity contribution in [1.82, 2.24) is 19.7 Å². The molecule has 0 saturated heterocycles. The van der Waals surface area contributed by atoms with E-state index in [4.69, 9.17) is 0 Å². The number of likely N-dealkylation sites (N-methyl/N-ethyl adjacent to an activating group) is 1. The Balaban J connectivity index is 2.00. The van der Waals surface area contributed by atoms with Crippen molar-refractivity contribution in [2.24, 2.45) is 7.05 Å². The van der Waals surface area contributed by atoms with Crippen LogP contribution in [0.4, 0.5) is 0 Å². The number of nitrogens with one attached hydrogen (secondary N) is 1. The molecule has 0 aliphatic rings. The maximum Gasteiger partial charge on any atom is 0.0645 e. The molecule has 4 nitrogen and oxygen atoms in total. The van der Waals surface area contributed by atoms with Crippen LogP contribution in [0, 0.1) is 6.92 Å². The van der Waals surface area contributed by atoms with E-state index in [1.54, 1.807) is 0 Å². The van der Waals surface area contributed by atoms with Gasteiger partial charge in [-0.25, -0.2) is 0 Å². The number of hydrogen-bond donors (Lipinski definition) is 1. The number of para-hydroxylation sites is 1. The lowest BCUT2D eigenvalue weighted by Gasteiger charge is -2.05. The second kappa shape index (κ2) is 5.74. The topological polar surface area (TPSA) is 34.8 Å². The highest BCUT2D eigenvalue weighted by atomic mass is 15.3. The van der Waals surface area contributed by atoms with Gasteiger partial charge >= 0.3 is 0 Å². The van der Waals surface area contributed by atoms with E-state index in [-0.39, 0.29) is 0 Å². The average molecular weight is 282 g/mol. The molecule has 4 heteroatoms. The molecule has 0 fully saturated rings. The Hall–Kier alpha value is -2.07. The van der Waals surface area contributed by atoms with Gasteiger partial charge in [-0.3, -0.25) is 4.68 Å². The minimum atomic E-state index is 0.859. The Kier molecular flexibility index (Phi) is 3.80. The number of aryl methyl sites for hydroxylation is 2. The highest BCUT2D eigenvalue weighted by molar-refractivity contribution is 5.84. The van der Waals surface area contributed by atoms with Gasteiger partial charge in [-0.15, -0.1) is 0 Å². The molecule has 0 aliphatic carbocycles. The minimum Gasteiger partial charge on any atom is -0.341 e. The molecule has 0 saturated carbocycles. The largest absolute Gasteiger partial charge is 0.341 e. The van der Waals surface area contributed by atoms with Crippen molar-refractivity contribution in [3.63, 3.8) is 0 Å². The van der Waals surface area contributed by atoms with Crippen LogP contribution in [0.3, 0.4) is 0 Å². The normalized spacial score (nSPS) is 11.4. The van der Waals surface area contributed by atoms with Gasteiger partial charge < -0.3 is 9.88 Å². The van der Waals surface area contributed by atoms with Gasteiger partial charge in [0.15, 0.2) is 0 Å². The molecule has 0 atom stereocenters. The zero-order valence-electron chi connectivity index (χ0n) is 12.9. The summed E-state index contributed by atoms with van der Waals surface area (Å²) in [6, 6.07) is 10.8. The highest BCUT2D eigenvalue weighted by Crippen LogP contribution is 2.22. The quantitative estimate of drug-likeness (QED) is 0.780. The van der Waals surface area contributed by atoms with Crippen molar-refractivity contribution in [2.45, 2.75) is 19.9 Å². The van der Waals surface area contributed by atoms with Crippen molar-refractivity contribution < 1.29 is 0 Å². The van der Waals surface area contributed by atoms with Crippen LogP contribution in [-0.4, -0.2) is 27.9 Å². The lowest BCUT2D eigenvalue weighted by molar-refractivity contribution is 0.671. The Morgan fingerprint density at radius 2 is 2.05 bits per heavy atom. The van der Waals surface area contributed by atoms with Crippen LogP contribution in [-0.2, 0) is 20.0 Å². The molecule has 0 bridgehead atoms. The van der Waals surface area contributed by atoms with Crippen molar-refractivity contribution in [2.75, 3.05) is 13.6 Å². The molecule has 0 radical (unpaired) electrons. The van der Waals surface area contributed by atoms with Gasteiger partial charge in [0.25, 0.3) is 0 Å². The maximum absolute atomic E-state index is 4.44. The molecule has 1 N–H and O–H groups in total. The zero-order valence-corrected chi connectivity index (χ0v) is 12.9. The summed E-state index contributed by atoms with van der Waals surface area (Å²) in [4.78, 5) is 0. The van der Waals surface area contributed by atoms with Crippen LogP contribution in [0.2, 0.25) is 0 Å². The van der Waals surface area contributed by atoms with Crippen LogP contribution < -0.4 is 5.32 Å². The molecule has 21 heavy (non-hydrogen) atoms. The summed E-state index contributed by atoms with van der Waals surface area (Å²) in [5.74, 6) is 0. The average Bonchev–Trinajstić information content (AvgIpc) is 2.98. The van der Waals surface area contributed by atoms with E-state index >= 15 is 0 Å².